The van der Waals surface area contributed by atoms with Crippen LogP contribution in [0.1, 0.15) is 15.9 Å². The Hall–Kier alpha value is -1.71. The lowest BCUT2D eigenvalue weighted by Crippen LogP contribution is -2.03. The summed E-state index contributed by atoms with van der Waals surface area (Å²) in [5.41, 5.74) is 7.02. The topological polar surface area (TPSA) is 52.3 Å². The molecule has 3 nitrogen and oxygen atoms in total. The van der Waals surface area contributed by atoms with Crippen LogP contribution < -0.4 is 10.5 Å². The lowest BCUT2D eigenvalue weighted by Gasteiger charge is -2.08. The summed E-state index contributed by atoms with van der Waals surface area (Å²) in [5, 5.41) is 0.796. The van der Waals surface area contributed by atoms with Gasteiger partial charge in [-0.2, -0.15) is 0 Å². The molecule has 5 heteroatoms. The zero-order valence-electron chi connectivity index (χ0n) is 10.1. The van der Waals surface area contributed by atoms with Crippen molar-refractivity contribution in [3.05, 3.63) is 57.6 Å². The molecule has 0 aliphatic heterocycles. The summed E-state index contributed by atoms with van der Waals surface area (Å²) in [6.45, 7) is 0. The number of hydrogen-bond acceptors (Lipinski definition) is 3. The maximum atomic E-state index is 12.3. The molecule has 2 aromatic carbocycles. The molecule has 0 unspecified atom stereocenters. The van der Waals surface area contributed by atoms with Gasteiger partial charge in [0.25, 0.3) is 0 Å². The lowest BCUT2D eigenvalue weighted by atomic mass is 10.0. The summed E-state index contributed by atoms with van der Waals surface area (Å²) < 4.78 is 5.09. The number of nitrogen functional groups attached to an aromatic ring is 1. The quantitative estimate of drug-likeness (QED) is 0.692. The number of methoxy groups -OCH3 is 1. The summed E-state index contributed by atoms with van der Waals surface area (Å²) in [6, 6.07) is 9.58. The van der Waals surface area contributed by atoms with Crippen LogP contribution in [0, 0.1) is 0 Å². The van der Waals surface area contributed by atoms with E-state index in [1.165, 1.54) is 13.2 Å². The fourth-order valence-electron chi connectivity index (χ4n) is 1.68. The minimum Gasteiger partial charge on any atom is -0.495 e. The summed E-state index contributed by atoms with van der Waals surface area (Å²) in [6.07, 6.45) is 0. The summed E-state index contributed by atoms with van der Waals surface area (Å²) in [4.78, 5) is 12.3. The van der Waals surface area contributed by atoms with E-state index in [-0.39, 0.29) is 5.78 Å². The first-order chi connectivity index (χ1) is 9.02. The zero-order valence-corrected chi connectivity index (χ0v) is 11.6. The molecule has 0 spiro atoms. The molecule has 0 saturated carbocycles. The maximum absolute atomic E-state index is 12.3. The van der Waals surface area contributed by atoms with E-state index in [4.69, 9.17) is 33.7 Å². The van der Waals surface area contributed by atoms with Gasteiger partial charge in [0.15, 0.2) is 5.78 Å². The molecule has 2 N–H and O–H groups in total. The van der Waals surface area contributed by atoms with Crippen LogP contribution in [-0.2, 0) is 0 Å². The highest BCUT2D eigenvalue weighted by Gasteiger charge is 2.14. The number of nitrogens with two attached hydrogens (primary N) is 1. The summed E-state index contributed by atoms with van der Waals surface area (Å²) >= 11 is 11.8. The molecule has 0 saturated heterocycles. The van der Waals surface area contributed by atoms with Crippen molar-refractivity contribution in [2.24, 2.45) is 0 Å². The number of benzene rings is 2. The van der Waals surface area contributed by atoms with E-state index in [0.29, 0.717) is 32.6 Å². The van der Waals surface area contributed by atoms with E-state index in [9.17, 15) is 4.79 Å². The number of ketones is 1. The molecule has 2 aromatic rings. The summed E-state index contributed by atoms with van der Waals surface area (Å²) in [5.74, 6) is 0.246. The number of halogens is 2. The van der Waals surface area contributed by atoms with Gasteiger partial charge in [0.05, 0.1) is 17.8 Å². The Kier molecular flexibility index (Phi) is 3.98. The van der Waals surface area contributed by atoms with E-state index >= 15 is 0 Å². The molecule has 2 rings (SSSR count). The molecule has 98 valence electrons. The third kappa shape index (κ3) is 2.83. The molecule has 0 heterocycles. The Morgan fingerprint density at radius 2 is 1.89 bits per heavy atom. The molecule has 19 heavy (non-hydrogen) atoms. The second kappa shape index (κ2) is 5.51. The van der Waals surface area contributed by atoms with Crippen LogP contribution in [0.3, 0.4) is 0 Å². The second-order valence-electron chi connectivity index (χ2n) is 3.91. The van der Waals surface area contributed by atoms with E-state index in [1.807, 2.05) is 0 Å². The van der Waals surface area contributed by atoms with Gasteiger partial charge in [-0.3, -0.25) is 4.79 Å². The largest absolute Gasteiger partial charge is 0.495 e. The van der Waals surface area contributed by atoms with Gasteiger partial charge in [-0.25, -0.2) is 0 Å². The van der Waals surface area contributed by atoms with Crippen LogP contribution in [0.2, 0.25) is 10.0 Å². The molecule has 0 aliphatic rings. The molecule has 0 fully saturated rings. The predicted molar refractivity (Wildman–Crippen MR) is 77.3 cm³/mol. The van der Waals surface area contributed by atoms with E-state index in [0.717, 1.165) is 0 Å². The van der Waals surface area contributed by atoms with Crippen molar-refractivity contribution in [1.82, 2.24) is 0 Å². The van der Waals surface area contributed by atoms with Crippen LogP contribution in [0.5, 0.6) is 5.75 Å². The van der Waals surface area contributed by atoms with Gasteiger partial charge in [-0.15, -0.1) is 0 Å². The van der Waals surface area contributed by atoms with Crippen molar-refractivity contribution in [1.29, 1.82) is 0 Å². The molecule has 0 aromatic heterocycles. The Morgan fingerprint density at radius 3 is 2.53 bits per heavy atom. The van der Waals surface area contributed by atoms with Gasteiger partial charge < -0.3 is 10.5 Å². The monoisotopic (exact) mass is 295 g/mol. The number of anilines is 1. The molecular formula is C14H11Cl2NO2. The summed E-state index contributed by atoms with van der Waals surface area (Å²) in [7, 11) is 1.50. The molecular weight excluding hydrogens is 285 g/mol. The Labute approximate surface area is 120 Å². The van der Waals surface area contributed by atoms with Gasteiger partial charge >= 0.3 is 0 Å². The van der Waals surface area contributed by atoms with Crippen LogP contribution in [0.25, 0.3) is 0 Å². The standard InChI is InChI=1S/C14H11Cl2NO2/c1-19-13-6-8(2-5-12(13)17)14(18)10-4-3-9(15)7-11(10)16/h2-7H,17H2,1H3. The van der Waals surface area contributed by atoms with Crippen molar-refractivity contribution in [2.75, 3.05) is 12.8 Å². The van der Waals surface area contributed by atoms with Crippen molar-refractivity contribution < 1.29 is 9.53 Å². The lowest BCUT2D eigenvalue weighted by molar-refractivity contribution is 0.103. The minimum atomic E-state index is -0.208. The molecule has 0 atom stereocenters. The van der Waals surface area contributed by atoms with Crippen LogP contribution in [0.4, 0.5) is 5.69 Å². The fourth-order valence-corrected chi connectivity index (χ4v) is 2.18. The number of hydrogen-bond donors (Lipinski definition) is 1. The van der Waals surface area contributed by atoms with Gasteiger partial charge in [0.1, 0.15) is 5.75 Å². The van der Waals surface area contributed by atoms with Crippen LogP contribution in [-0.4, -0.2) is 12.9 Å². The molecule has 0 aliphatic carbocycles. The average Bonchev–Trinajstić information content (AvgIpc) is 2.38. The second-order valence-corrected chi connectivity index (χ2v) is 4.75. The number of ether oxygens (including phenoxy) is 1. The van der Waals surface area contributed by atoms with Crippen LogP contribution in [0.15, 0.2) is 36.4 Å². The minimum absolute atomic E-state index is 0.208. The van der Waals surface area contributed by atoms with Crippen molar-refractivity contribution in [2.45, 2.75) is 0 Å². The normalized spacial score (nSPS) is 10.3. The van der Waals surface area contributed by atoms with E-state index < -0.39 is 0 Å². The fraction of sp³-hybridized carbons (Fsp3) is 0.0714. The predicted octanol–water partition coefficient (Wildman–Crippen LogP) is 3.82. The van der Waals surface area contributed by atoms with E-state index in [1.54, 1.807) is 30.3 Å². The molecule has 0 bridgehead atoms. The first-order valence-electron chi connectivity index (χ1n) is 5.46. The SMILES string of the molecule is COc1cc(C(=O)c2ccc(Cl)cc2Cl)ccc1N. The highest BCUT2D eigenvalue weighted by molar-refractivity contribution is 6.37. The maximum Gasteiger partial charge on any atom is 0.194 e. The van der Waals surface area contributed by atoms with Crippen molar-refractivity contribution in [3.8, 4) is 5.75 Å². The van der Waals surface area contributed by atoms with Crippen LogP contribution >= 0.6 is 23.2 Å². The molecule has 0 amide bonds. The third-order valence-corrected chi connectivity index (χ3v) is 3.22. The Balaban J connectivity index is 2.44. The molecule has 0 radical (unpaired) electrons. The van der Waals surface area contributed by atoms with Gasteiger partial charge in [-0.05, 0) is 36.4 Å². The van der Waals surface area contributed by atoms with E-state index in [2.05, 4.69) is 0 Å². The first kappa shape index (κ1) is 13.7. The number of carbonyl (C=O) groups is 1. The van der Waals surface area contributed by atoms with Gasteiger partial charge in [0, 0.05) is 16.1 Å². The highest BCUT2D eigenvalue weighted by atomic mass is 35.5. The Bertz CT molecular complexity index is 641. The van der Waals surface area contributed by atoms with Crippen molar-refractivity contribution in [3.63, 3.8) is 0 Å². The number of carbonyl (C=O) groups excluding carboxylic acids is 1. The highest BCUT2D eigenvalue weighted by Crippen LogP contribution is 2.27. The number of rotatable bonds is 3. The van der Waals surface area contributed by atoms with Crippen molar-refractivity contribution >= 4 is 34.7 Å². The van der Waals surface area contributed by atoms with Gasteiger partial charge in [-0.1, -0.05) is 23.2 Å². The smallest absolute Gasteiger partial charge is 0.194 e. The zero-order chi connectivity index (χ0) is 14.0. The Morgan fingerprint density at radius 1 is 1.16 bits per heavy atom. The average molecular weight is 296 g/mol. The third-order valence-electron chi connectivity index (χ3n) is 2.67. The first-order valence-corrected chi connectivity index (χ1v) is 6.22. The van der Waals surface area contributed by atoms with Gasteiger partial charge in [0.2, 0.25) is 0 Å².